The SMILES string of the molecule is COC(=O)c1cccc(C=CC(=O)N2CC3CC(NC4CCOCC4OC)CC3(C(=O)N3CCc4ncc(C(F)(F)F)cc4C3)C2)c1. The first-order valence-corrected chi connectivity index (χ1v) is 15.9. The lowest BCUT2D eigenvalue weighted by Gasteiger charge is -2.37. The van der Waals surface area contributed by atoms with Crippen molar-refractivity contribution in [1.82, 2.24) is 20.1 Å². The minimum atomic E-state index is -4.53. The zero-order valence-corrected chi connectivity index (χ0v) is 26.4. The highest BCUT2D eigenvalue weighted by molar-refractivity contribution is 5.94. The zero-order valence-electron chi connectivity index (χ0n) is 26.4. The molecule has 3 aliphatic heterocycles. The average molecular weight is 657 g/mol. The van der Waals surface area contributed by atoms with Gasteiger partial charge in [0.1, 0.15) is 0 Å². The Labute approximate surface area is 271 Å². The number of esters is 1. The number of fused-ring (bicyclic) bond motifs is 2. The summed E-state index contributed by atoms with van der Waals surface area (Å²) >= 11 is 0. The number of alkyl halides is 3. The van der Waals surface area contributed by atoms with Gasteiger partial charge < -0.3 is 29.3 Å². The monoisotopic (exact) mass is 656 g/mol. The van der Waals surface area contributed by atoms with Crippen LogP contribution in [0.2, 0.25) is 0 Å². The van der Waals surface area contributed by atoms with Crippen molar-refractivity contribution in [2.24, 2.45) is 11.3 Å². The normalized spacial score (nSPS) is 27.5. The van der Waals surface area contributed by atoms with Gasteiger partial charge in [-0.2, -0.15) is 13.2 Å². The summed E-state index contributed by atoms with van der Waals surface area (Å²) < 4.78 is 56.4. The minimum absolute atomic E-state index is 0.00543. The van der Waals surface area contributed by atoms with Gasteiger partial charge in [0, 0.05) is 76.4 Å². The number of nitrogens with zero attached hydrogens (tertiary/aromatic N) is 3. The van der Waals surface area contributed by atoms with Crippen molar-refractivity contribution in [2.45, 2.75) is 56.6 Å². The fourth-order valence-electron chi connectivity index (χ4n) is 7.66. The summed E-state index contributed by atoms with van der Waals surface area (Å²) in [6.45, 7) is 2.04. The number of carbonyl (C=O) groups is 3. The van der Waals surface area contributed by atoms with Crippen LogP contribution < -0.4 is 5.32 Å². The Morgan fingerprint density at radius 1 is 1.17 bits per heavy atom. The number of hydrogen-bond donors (Lipinski definition) is 1. The second-order valence-corrected chi connectivity index (χ2v) is 12.9. The highest BCUT2D eigenvalue weighted by Crippen LogP contribution is 2.51. The summed E-state index contributed by atoms with van der Waals surface area (Å²) in [6.07, 6.45) is 1.55. The average Bonchev–Trinajstić information content (AvgIpc) is 3.61. The van der Waals surface area contributed by atoms with E-state index in [0.717, 1.165) is 18.7 Å². The quantitative estimate of drug-likeness (QED) is 0.357. The lowest BCUT2D eigenvalue weighted by atomic mass is 9.78. The van der Waals surface area contributed by atoms with Crippen molar-refractivity contribution in [3.8, 4) is 0 Å². The second kappa shape index (κ2) is 13.4. The zero-order chi connectivity index (χ0) is 33.3. The van der Waals surface area contributed by atoms with Gasteiger partial charge in [0.2, 0.25) is 11.8 Å². The summed E-state index contributed by atoms with van der Waals surface area (Å²) in [5.41, 5.74) is 0.245. The molecule has 4 aliphatic rings. The molecule has 0 spiro atoms. The molecule has 2 aromatic rings. The van der Waals surface area contributed by atoms with Gasteiger partial charge in [-0.15, -0.1) is 0 Å². The molecule has 4 heterocycles. The third-order valence-corrected chi connectivity index (χ3v) is 10.0. The predicted molar refractivity (Wildman–Crippen MR) is 164 cm³/mol. The second-order valence-electron chi connectivity index (χ2n) is 12.9. The van der Waals surface area contributed by atoms with E-state index in [0.29, 0.717) is 68.0 Å². The molecule has 0 radical (unpaired) electrons. The maximum absolute atomic E-state index is 14.5. The molecular formula is C34H39F3N4O6. The van der Waals surface area contributed by atoms with Crippen LogP contribution in [0, 0.1) is 11.3 Å². The van der Waals surface area contributed by atoms with Crippen molar-refractivity contribution in [3.63, 3.8) is 0 Å². The number of aromatic nitrogens is 1. The van der Waals surface area contributed by atoms with Crippen LogP contribution in [-0.2, 0) is 42.9 Å². The summed E-state index contributed by atoms with van der Waals surface area (Å²) in [4.78, 5) is 47.4. The summed E-state index contributed by atoms with van der Waals surface area (Å²) in [5.74, 6) is -1.03. The minimum Gasteiger partial charge on any atom is -0.465 e. The molecule has 0 bridgehead atoms. The van der Waals surface area contributed by atoms with Crippen molar-refractivity contribution in [3.05, 3.63) is 70.6 Å². The molecule has 10 nitrogen and oxygen atoms in total. The molecule has 2 saturated heterocycles. The molecule has 1 aliphatic carbocycles. The molecule has 1 N–H and O–H groups in total. The number of halogens is 3. The maximum Gasteiger partial charge on any atom is 0.417 e. The third-order valence-electron chi connectivity index (χ3n) is 10.0. The molecule has 252 valence electrons. The van der Waals surface area contributed by atoms with Crippen molar-refractivity contribution in [1.29, 1.82) is 0 Å². The Balaban J connectivity index is 1.23. The van der Waals surface area contributed by atoms with E-state index in [-0.39, 0.29) is 49.0 Å². The molecule has 1 saturated carbocycles. The molecule has 1 aromatic heterocycles. The van der Waals surface area contributed by atoms with E-state index < -0.39 is 23.1 Å². The molecule has 5 atom stereocenters. The molecule has 47 heavy (non-hydrogen) atoms. The Hall–Kier alpha value is -3.81. The number of carbonyl (C=O) groups excluding carboxylic acids is 3. The van der Waals surface area contributed by atoms with Gasteiger partial charge in [0.25, 0.3) is 0 Å². The van der Waals surface area contributed by atoms with E-state index in [4.69, 9.17) is 14.2 Å². The Bertz CT molecular complexity index is 1550. The van der Waals surface area contributed by atoms with Crippen LogP contribution in [0.1, 0.15) is 52.0 Å². The maximum atomic E-state index is 14.5. The standard InChI is InChI=1S/C34H39F3N4O6/c1-45-29-19-47-11-9-28(29)39-26-14-25-18-41(30(42)7-6-21-4-3-5-22(12-21)31(43)46-2)20-33(25,15-26)32(44)40-10-8-27-23(17-40)13-24(16-38-27)34(35,36)37/h3-7,12-13,16,25-26,28-29,39H,8-11,14-15,17-20H2,1-2H3. The topological polar surface area (TPSA) is 110 Å². The fraction of sp³-hybridized carbons (Fsp3) is 0.529. The number of rotatable bonds is 7. The van der Waals surface area contributed by atoms with Gasteiger partial charge >= 0.3 is 12.1 Å². The van der Waals surface area contributed by atoms with Crippen LogP contribution in [0.15, 0.2) is 42.6 Å². The predicted octanol–water partition coefficient (Wildman–Crippen LogP) is 3.49. The molecular weight excluding hydrogens is 617 g/mol. The van der Waals surface area contributed by atoms with E-state index >= 15 is 0 Å². The van der Waals surface area contributed by atoms with E-state index in [1.807, 2.05) is 0 Å². The van der Waals surface area contributed by atoms with Crippen LogP contribution in [0.5, 0.6) is 0 Å². The van der Waals surface area contributed by atoms with Crippen LogP contribution in [0.3, 0.4) is 0 Å². The van der Waals surface area contributed by atoms with Crippen LogP contribution in [0.4, 0.5) is 13.2 Å². The van der Waals surface area contributed by atoms with E-state index in [1.54, 1.807) is 47.3 Å². The first-order valence-electron chi connectivity index (χ1n) is 15.9. The van der Waals surface area contributed by atoms with Crippen molar-refractivity contribution >= 4 is 23.9 Å². The molecule has 1 aromatic carbocycles. The van der Waals surface area contributed by atoms with Gasteiger partial charge in [-0.25, -0.2) is 4.79 Å². The molecule has 6 rings (SSSR count). The van der Waals surface area contributed by atoms with E-state index in [1.165, 1.54) is 13.2 Å². The van der Waals surface area contributed by atoms with Gasteiger partial charge in [0.05, 0.1) is 36.4 Å². The summed E-state index contributed by atoms with van der Waals surface area (Å²) in [6, 6.07) is 7.87. The van der Waals surface area contributed by atoms with Gasteiger partial charge in [-0.3, -0.25) is 14.6 Å². The van der Waals surface area contributed by atoms with Crippen molar-refractivity contribution < 1.29 is 41.8 Å². The van der Waals surface area contributed by atoms with Crippen LogP contribution in [0.25, 0.3) is 6.08 Å². The first kappa shape index (κ1) is 33.1. The van der Waals surface area contributed by atoms with E-state index in [9.17, 15) is 27.6 Å². The number of amides is 2. The molecule has 13 heteroatoms. The lowest BCUT2D eigenvalue weighted by Crippen LogP contribution is -2.52. The summed E-state index contributed by atoms with van der Waals surface area (Å²) in [5, 5.41) is 3.71. The largest absolute Gasteiger partial charge is 0.465 e. The molecule has 5 unspecified atom stereocenters. The Morgan fingerprint density at radius 2 is 2.00 bits per heavy atom. The summed E-state index contributed by atoms with van der Waals surface area (Å²) in [7, 11) is 2.95. The number of benzene rings is 1. The number of hydrogen-bond acceptors (Lipinski definition) is 8. The number of ether oxygens (including phenoxy) is 3. The van der Waals surface area contributed by atoms with Gasteiger partial charge in [0.15, 0.2) is 0 Å². The van der Waals surface area contributed by atoms with E-state index in [2.05, 4.69) is 10.3 Å². The van der Waals surface area contributed by atoms with Crippen LogP contribution in [-0.4, -0.2) is 97.8 Å². The smallest absolute Gasteiger partial charge is 0.417 e. The Kier molecular flexibility index (Phi) is 9.41. The number of pyridine rings is 1. The Morgan fingerprint density at radius 3 is 2.77 bits per heavy atom. The molecule has 3 fully saturated rings. The third kappa shape index (κ3) is 6.79. The number of methoxy groups -OCH3 is 2. The lowest BCUT2D eigenvalue weighted by molar-refractivity contribution is -0.144. The van der Waals surface area contributed by atoms with Gasteiger partial charge in [-0.05, 0) is 60.6 Å². The van der Waals surface area contributed by atoms with Crippen LogP contribution >= 0.6 is 0 Å². The fourth-order valence-corrected chi connectivity index (χ4v) is 7.66. The highest BCUT2D eigenvalue weighted by Gasteiger charge is 2.59. The number of nitrogens with one attached hydrogen (secondary N) is 1. The van der Waals surface area contributed by atoms with Gasteiger partial charge in [-0.1, -0.05) is 12.1 Å². The highest BCUT2D eigenvalue weighted by atomic mass is 19.4. The number of likely N-dealkylation sites (tertiary alicyclic amines) is 1. The van der Waals surface area contributed by atoms with Crippen molar-refractivity contribution in [2.75, 3.05) is 47.1 Å². The first-order chi connectivity index (χ1) is 22.5. The molecule has 2 amide bonds.